The first-order valence-electron chi connectivity index (χ1n) is 15.9. The smallest absolute Gasteiger partial charge is 0.413 e. The van der Waals surface area contributed by atoms with E-state index in [1.165, 1.54) is 29.2 Å². The topological polar surface area (TPSA) is 178 Å². The minimum atomic E-state index is -0.993. The number of carbonyl (C=O) groups is 4. The minimum Gasteiger partial charge on any atom is -0.497 e. The van der Waals surface area contributed by atoms with Gasteiger partial charge in [0.05, 0.1) is 13.7 Å². The number of aliphatic hydroxyl groups is 1. The third kappa shape index (κ3) is 8.69. The average molecular weight is 738 g/mol. The van der Waals surface area contributed by atoms with Crippen LogP contribution >= 0.6 is 23.1 Å². The lowest BCUT2D eigenvalue weighted by molar-refractivity contribution is -0.153. The van der Waals surface area contributed by atoms with Crippen LogP contribution in [0.1, 0.15) is 48.7 Å². The zero-order valence-corrected chi connectivity index (χ0v) is 30.6. The van der Waals surface area contributed by atoms with E-state index in [1.54, 1.807) is 52.1 Å². The van der Waals surface area contributed by atoms with Gasteiger partial charge in [-0.3, -0.25) is 19.8 Å². The fourth-order valence-corrected chi connectivity index (χ4v) is 7.44. The van der Waals surface area contributed by atoms with Gasteiger partial charge in [-0.2, -0.15) is 0 Å². The molecule has 5 rings (SSSR count). The molecule has 270 valence electrons. The van der Waals surface area contributed by atoms with Crippen LogP contribution in [0.25, 0.3) is 0 Å². The molecule has 0 saturated carbocycles. The van der Waals surface area contributed by atoms with E-state index in [4.69, 9.17) is 19.0 Å². The molecule has 2 aromatic carbocycles. The molecular weight excluding hydrogens is 699 g/mol. The summed E-state index contributed by atoms with van der Waals surface area (Å²) in [5.41, 5.74) is 3.27. The van der Waals surface area contributed by atoms with Crippen molar-refractivity contribution in [3.05, 3.63) is 87.1 Å². The van der Waals surface area contributed by atoms with E-state index in [1.807, 2.05) is 25.1 Å². The lowest BCUT2D eigenvalue weighted by atomic mass is 9.94. The highest BCUT2D eigenvalue weighted by Gasteiger charge is 2.54. The van der Waals surface area contributed by atoms with E-state index in [9.17, 15) is 24.3 Å². The third-order valence-electron chi connectivity index (χ3n) is 7.94. The quantitative estimate of drug-likeness (QED) is 0.105. The monoisotopic (exact) mass is 737 g/mol. The second-order valence-corrected chi connectivity index (χ2v) is 14.5. The first kappa shape index (κ1) is 37.3. The van der Waals surface area contributed by atoms with Crippen LogP contribution < -0.4 is 15.4 Å². The van der Waals surface area contributed by atoms with Crippen molar-refractivity contribution in [2.24, 2.45) is 5.16 Å². The van der Waals surface area contributed by atoms with Gasteiger partial charge in [-0.05, 0) is 74.1 Å². The highest BCUT2D eigenvalue weighted by molar-refractivity contribution is 8.00. The summed E-state index contributed by atoms with van der Waals surface area (Å²) in [4.78, 5) is 63.8. The first-order chi connectivity index (χ1) is 24.3. The summed E-state index contributed by atoms with van der Waals surface area (Å²) in [6.07, 6.45) is -0.365. The Hall–Kier alpha value is -4.93. The SMILES string of the molecule is CON=C(C(=O)NC1C(=O)N2C(C(=O)OCc3ccc(OC)cc3)=C(Cc3cccc(CO)c3C)CSC12)c1csc(NC(=O)OC(C)(C)C)n1. The Morgan fingerprint density at radius 2 is 1.82 bits per heavy atom. The number of hydrogen-bond acceptors (Lipinski definition) is 13. The van der Waals surface area contributed by atoms with Crippen LogP contribution in [0.15, 0.2) is 64.3 Å². The summed E-state index contributed by atoms with van der Waals surface area (Å²) in [6, 6.07) is 11.7. The van der Waals surface area contributed by atoms with Gasteiger partial charge in [-0.1, -0.05) is 35.5 Å². The molecule has 1 fully saturated rings. The highest BCUT2D eigenvalue weighted by atomic mass is 32.2. The second-order valence-electron chi connectivity index (χ2n) is 12.6. The molecule has 2 unspecified atom stereocenters. The molecule has 0 spiro atoms. The Labute approximate surface area is 303 Å². The van der Waals surface area contributed by atoms with E-state index < -0.39 is 40.9 Å². The van der Waals surface area contributed by atoms with Crippen LogP contribution in [0, 0.1) is 6.92 Å². The molecule has 3 aromatic rings. The van der Waals surface area contributed by atoms with Gasteiger partial charge in [-0.25, -0.2) is 14.6 Å². The number of aliphatic hydroxyl groups excluding tert-OH is 1. The number of hydrogen-bond donors (Lipinski definition) is 3. The molecule has 2 aliphatic rings. The number of oxime groups is 1. The predicted octanol–water partition coefficient (Wildman–Crippen LogP) is 4.29. The van der Waals surface area contributed by atoms with Gasteiger partial charge in [0.15, 0.2) is 10.8 Å². The number of nitrogens with zero attached hydrogens (tertiary/aromatic N) is 3. The van der Waals surface area contributed by atoms with Crippen molar-refractivity contribution in [2.75, 3.05) is 25.3 Å². The van der Waals surface area contributed by atoms with Crippen LogP contribution in [-0.4, -0.2) is 81.6 Å². The molecule has 2 aliphatic heterocycles. The molecule has 16 heteroatoms. The molecule has 51 heavy (non-hydrogen) atoms. The molecule has 1 aromatic heterocycles. The Balaban J connectivity index is 1.35. The predicted molar refractivity (Wildman–Crippen MR) is 191 cm³/mol. The van der Waals surface area contributed by atoms with Crippen LogP contribution in [0.4, 0.5) is 9.93 Å². The number of amides is 3. The number of β-lactam (4-membered cyclic amide) rings is 1. The van der Waals surface area contributed by atoms with Crippen LogP contribution in [0.5, 0.6) is 5.75 Å². The van der Waals surface area contributed by atoms with Crippen molar-refractivity contribution in [3.63, 3.8) is 0 Å². The van der Waals surface area contributed by atoms with Gasteiger partial charge in [-0.15, -0.1) is 23.1 Å². The van der Waals surface area contributed by atoms with E-state index >= 15 is 0 Å². The Morgan fingerprint density at radius 3 is 2.49 bits per heavy atom. The number of benzene rings is 2. The maximum Gasteiger partial charge on any atom is 0.413 e. The molecule has 14 nitrogen and oxygen atoms in total. The summed E-state index contributed by atoms with van der Waals surface area (Å²) in [5.74, 6) is -0.874. The summed E-state index contributed by atoms with van der Waals surface area (Å²) in [5, 5.41) is 20.0. The number of esters is 1. The lowest BCUT2D eigenvalue weighted by Crippen LogP contribution is -2.71. The van der Waals surface area contributed by atoms with Crippen molar-refractivity contribution in [1.82, 2.24) is 15.2 Å². The number of aromatic nitrogens is 1. The molecule has 2 atom stereocenters. The number of ether oxygens (including phenoxy) is 3. The minimum absolute atomic E-state index is 0.0338. The van der Waals surface area contributed by atoms with E-state index in [0.717, 1.165) is 33.6 Å². The zero-order valence-electron chi connectivity index (χ0n) is 29.0. The summed E-state index contributed by atoms with van der Waals surface area (Å²) in [7, 11) is 2.83. The number of carbonyl (C=O) groups excluding carboxylic acids is 4. The normalized spacial score (nSPS) is 17.3. The number of thiazole rings is 1. The maximum absolute atomic E-state index is 13.8. The molecule has 3 heterocycles. The summed E-state index contributed by atoms with van der Waals surface area (Å²) in [6.45, 7) is 6.92. The summed E-state index contributed by atoms with van der Waals surface area (Å²) >= 11 is 2.45. The van der Waals surface area contributed by atoms with Crippen molar-refractivity contribution in [1.29, 1.82) is 0 Å². The van der Waals surface area contributed by atoms with Crippen molar-refractivity contribution >= 4 is 57.8 Å². The summed E-state index contributed by atoms with van der Waals surface area (Å²) < 4.78 is 16.2. The number of thioether (sulfide) groups is 1. The van der Waals surface area contributed by atoms with E-state index in [0.29, 0.717) is 23.5 Å². The molecule has 3 amide bonds. The molecule has 0 radical (unpaired) electrons. The molecule has 0 aliphatic carbocycles. The van der Waals surface area contributed by atoms with E-state index in [2.05, 4.69) is 20.8 Å². The number of anilines is 1. The van der Waals surface area contributed by atoms with Crippen LogP contribution in [0.2, 0.25) is 0 Å². The van der Waals surface area contributed by atoms with Gasteiger partial charge in [0, 0.05) is 11.1 Å². The van der Waals surface area contributed by atoms with Gasteiger partial charge < -0.3 is 29.5 Å². The number of methoxy groups -OCH3 is 1. The van der Waals surface area contributed by atoms with Crippen molar-refractivity contribution < 1.29 is 43.3 Å². The van der Waals surface area contributed by atoms with Crippen LogP contribution in [0.3, 0.4) is 0 Å². The fourth-order valence-electron chi connectivity index (χ4n) is 5.41. The van der Waals surface area contributed by atoms with E-state index in [-0.39, 0.29) is 35.4 Å². The molecule has 3 N–H and O–H groups in total. The Kier molecular flexibility index (Phi) is 11.7. The zero-order chi connectivity index (χ0) is 36.9. The van der Waals surface area contributed by atoms with Crippen molar-refractivity contribution in [2.45, 2.75) is 64.3 Å². The largest absolute Gasteiger partial charge is 0.497 e. The van der Waals surface area contributed by atoms with Crippen molar-refractivity contribution in [3.8, 4) is 5.75 Å². The molecule has 1 saturated heterocycles. The molecule has 0 bridgehead atoms. The fraction of sp³-hybridized carbons (Fsp3) is 0.371. The number of fused-ring (bicyclic) bond motifs is 1. The Bertz CT molecular complexity index is 1870. The number of nitrogens with one attached hydrogen (secondary N) is 2. The van der Waals surface area contributed by atoms with Gasteiger partial charge >= 0.3 is 12.1 Å². The van der Waals surface area contributed by atoms with Gasteiger partial charge in [0.2, 0.25) is 0 Å². The van der Waals surface area contributed by atoms with Crippen LogP contribution in [-0.2, 0) is 48.3 Å². The lowest BCUT2D eigenvalue weighted by Gasteiger charge is -2.49. The third-order valence-corrected chi connectivity index (χ3v) is 10.0. The average Bonchev–Trinajstić information content (AvgIpc) is 3.55. The van der Waals surface area contributed by atoms with Gasteiger partial charge in [0.25, 0.3) is 11.8 Å². The standard InChI is InChI=1S/C35H39N5O9S2/c1-19-21(8-7-9-22(19)15-41)14-23-17-50-31-27(30(43)40(31)28(23)32(44)48-16-20-10-12-24(46-5)13-11-20)37-29(42)26(39-47-6)25-18-51-33(36-25)38-34(45)49-35(2,3)4/h7-13,18,27,31,41H,14-17H2,1-6H3,(H,37,42)(H,36,38,45). The highest BCUT2D eigenvalue weighted by Crippen LogP contribution is 2.42. The Morgan fingerprint density at radius 1 is 1.10 bits per heavy atom. The number of rotatable bonds is 12. The second kappa shape index (κ2) is 16.0. The molecular formula is C35H39N5O9S2. The maximum atomic E-state index is 13.8. The first-order valence-corrected chi connectivity index (χ1v) is 17.8. The van der Waals surface area contributed by atoms with Gasteiger partial charge in [0.1, 0.15) is 47.9 Å².